The number of fused-ring (bicyclic) bond motifs is 3. The summed E-state index contributed by atoms with van der Waals surface area (Å²) in [6.45, 7) is 13.7. The Hall–Kier alpha value is -1.08. The van der Waals surface area contributed by atoms with Gasteiger partial charge in [0.15, 0.2) is 0 Å². The Morgan fingerprint density at radius 3 is 1.11 bits per heavy atom. The standard InChI is InChI=1S/C33H31Cl2.2ClH.Zr/c1-32(2,3)30-18-26-22(16-28(30)20-7-11-24(34)12-8-20)15-23-17-29(21-9-13-25(35)14-10-21)31(19-27(23)26)33(4,5)6;;;/h7-19H,1-6H3;2*1H;/q;;;+2/p-2. The molecule has 0 bridgehead atoms. The van der Waals surface area contributed by atoms with Crippen LogP contribution in [0.3, 0.4) is 0 Å². The van der Waals surface area contributed by atoms with E-state index in [1.165, 1.54) is 55.6 Å². The van der Waals surface area contributed by atoms with Crippen molar-refractivity contribution in [1.82, 2.24) is 0 Å². The molecule has 0 spiro atoms. The number of hydrogen-bond donors (Lipinski definition) is 0. The second-order valence-corrected chi connectivity index (χ2v) is 16.3. The van der Waals surface area contributed by atoms with E-state index in [0.29, 0.717) is 0 Å². The van der Waals surface area contributed by atoms with Crippen molar-refractivity contribution in [3.8, 4) is 33.4 Å². The molecule has 4 aromatic carbocycles. The molecule has 0 unspecified atom stereocenters. The number of halogens is 4. The van der Waals surface area contributed by atoms with Crippen LogP contribution in [-0.2, 0) is 31.7 Å². The molecule has 0 heterocycles. The molecule has 195 valence electrons. The van der Waals surface area contributed by atoms with E-state index in [9.17, 15) is 0 Å². The Morgan fingerprint density at radius 1 is 0.500 bits per heavy atom. The summed E-state index contributed by atoms with van der Waals surface area (Å²) >= 11 is 11.6. The summed E-state index contributed by atoms with van der Waals surface area (Å²) in [5.41, 5.74) is 12.8. The van der Waals surface area contributed by atoms with Crippen molar-refractivity contribution in [2.45, 2.75) is 52.4 Å². The zero-order chi connectivity index (χ0) is 27.8. The molecule has 1 aliphatic rings. The molecule has 5 rings (SSSR count). The second kappa shape index (κ2) is 11.8. The first kappa shape index (κ1) is 29.9. The van der Waals surface area contributed by atoms with Crippen molar-refractivity contribution < 1.29 is 20.8 Å². The molecular formula is C33H31Cl4Zr. The van der Waals surface area contributed by atoms with Crippen molar-refractivity contribution in [1.29, 1.82) is 0 Å². The molecule has 0 aliphatic heterocycles. The Bertz CT molecular complexity index is 1330. The van der Waals surface area contributed by atoms with Crippen molar-refractivity contribution in [2.75, 3.05) is 0 Å². The summed E-state index contributed by atoms with van der Waals surface area (Å²) in [6.07, 6.45) is 2.34. The minimum atomic E-state index is -0.826. The predicted octanol–water partition coefficient (Wildman–Crippen LogP) is 11.9. The molecule has 0 N–H and O–H groups in total. The summed E-state index contributed by atoms with van der Waals surface area (Å²) in [4.78, 5) is 0. The van der Waals surface area contributed by atoms with Gasteiger partial charge in [-0.3, -0.25) is 0 Å². The molecule has 0 nitrogen and oxygen atoms in total. The van der Waals surface area contributed by atoms with Gasteiger partial charge in [-0.15, -0.1) is 0 Å². The number of hydrogen-bond acceptors (Lipinski definition) is 0. The molecule has 0 aromatic heterocycles. The van der Waals surface area contributed by atoms with Crippen molar-refractivity contribution >= 4 is 40.2 Å². The summed E-state index contributed by atoms with van der Waals surface area (Å²) in [6, 6.07) is 25.9. The van der Waals surface area contributed by atoms with Crippen molar-refractivity contribution in [3.63, 3.8) is 0 Å². The molecule has 0 amide bonds. The van der Waals surface area contributed by atoms with Crippen LogP contribution >= 0.6 is 40.2 Å². The fourth-order valence-corrected chi connectivity index (χ4v) is 5.34. The Balaban J connectivity index is 0.00000107. The Morgan fingerprint density at radius 2 is 0.816 bits per heavy atom. The van der Waals surface area contributed by atoms with Gasteiger partial charge >= 0.3 is 37.9 Å². The maximum absolute atomic E-state index is 6.20. The Kier molecular flexibility index (Phi) is 9.29. The predicted molar refractivity (Wildman–Crippen MR) is 164 cm³/mol. The van der Waals surface area contributed by atoms with Crippen LogP contribution in [0.25, 0.3) is 33.4 Å². The maximum atomic E-state index is 6.20. The van der Waals surface area contributed by atoms with Crippen LogP contribution in [0.5, 0.6) is 0 Å². The van der Waals surface area contributed by atoms with Gasteiger partial charge in [0, 0.05) is 16.5 Å². The van der Waals surface area contributed by atoms with Gasteiger partial charge in [0.05, 0.1) is 0 Å². The molecule has 0 fully saturated rings. The van der Waals surface area contributed by atoms with E-state index in [1.54, 1.807) is 0 Å². The van der Waals surface area contributed by atoms with Crippen LogP contribution in [0.2, 0.25) is 10.0 Å². The molecule has 38 heavy (non-hydrogen) atoms. The van der Waals surface area contributed by atoms with E-state index in [-0.39, 0.29) is 10.8 Å². The topological polar surface area (TPSA) is 0 Å². The average Bonchev–Trinajstić information content (AvgIpc) is 3.19. The van der Waals surface area contributed by atoms with Gasteiger partial charge in [0.2, 0.25) is 0 Å². The van der Waals surface area contributed by atoms with Gasteiger partial charge in [-0.1, -0.05) is 89.0 Å². The third kappa shape index (κ3) is 6.45. The van der Waals surface area contributed by atoms with Crippen LogP contribution < -0.4 is 0 Å². The first-order valence-electron chi connectivity index (χ1n) is 12.5. The second-order valence-electron chi connectivity index (χ2n) is 11.7. The van der Waals surface area contributed by atoms with Gasteiger partial charge in [-0.05, 0) is 115 Å². The van der Waals surface area contributed by atoms with E-state index < -0.39 is 20.8 Å². The summed E-state index contributed by atoms with van der Waals surface area (Å²) in [5.74, 6) is 0. The summed E-state index contributed by atoms with van der Waals surface area (Å²) < 4.78 is 0. The zero-order valence-electron chi connectivity index (χ0n) is 22.5. The van der Waals surface area contributed by atoms with Gasteiger partial charge < -0.3 is 0 Å². The minimum absolute atomic E-state index is 0.00283. The first-order valence-corrected chi connectivity index (χ1v) is 19.6. The molecule has 0 saturated carbocycles. The van der Waals surface area contributed by atoms with Crippen LogP contribution in [0.4, 0.5) is 0 Å². The third-order valence-electron chi connectivity index (χ3n) is 6.91. The van der Waals surface area contributed by atoms with Gasteiger partial charge in [0.1, 0.15) is 0 Å². The van der Waals surface area contributed by atoms with Crippen LogP contribution in [0, 0.1) is 6.42 Å². The monoisotopic (exact) mass is 657 g/mol. The molecule has 5 heteroatoms. The fourth-order valence-electron chi connectivity index (χ4n) is 5.08. The Labute approximate surface area is 256 Å². The molecule has 1 aliphatic carbocycles. The molecule has 1 radical (unpaired) electrons. The third-order valence-corrected chi connectivity index (χ3v) is 7.41. The number of benzene rings is 4. The molecule has 0 saturated heterocycles. The van der Waals surface area contributed by atoms with Gasteiger partial charge in [0.25, 0.3) is 0 Å². The SMILES string of the molecule is CC(C)(C)c1cc2c(cc1-c1ccc(Cl)cc1)[CH]c1cc(-c3ccc(Cl)cc3)c(C(C)(C)C)cc1-2.[Cl][Zr][Cl]. The van der Waals surface area contributed by atoms with Gasteiger partial charge in [-0.25, -0.2) is 0 Å². The first-order chi connectivity index (χ1) is 17.8. The zero-order valence-corrected chi connectivity index (χ0v) is 28.0. The molecular weight excluding hydrogens is 629 g/mol. The van der Waals surface area contributed by atoms with Crippen LogP contribution in [0.1, 0.15) is 63.8 Å². The van der Waals surface area contributed by atoms with Crippen molar-refractivity contribution in [2.24, 2.45) is 0 Å². The van der Waals surface area contributed by atoms with Crippen LogP contribution in [0.15, 0.2) is 72.8 Å². The van der Waals surface area contributed by atoms with E-state index in [2.05, 4.69) is 96.5 Å². The molecule has 4 aromatic rings. The van der Waals surface area contributed by atoms with Gasteiger partial charge in [-0.2, -0.15) is 0 Å². The average molecular weight is 661 g/mol. The van der Waals surface area contributed by atoms with E-state index in [1.807, 2.05) is 24.3 Å². The van der Waals surface area contributed by atoms with Crippen molar-refractivity contribution in [3.05, 3.63) is 112 Å². The van der Waals surface area contributed by atoms with E-state index in [0.717, 1.165) is 10.0 Å². The summed E-state index contributed by atoms with van der Waals surface area (Å²) in [7, 11) is 9.87. The normalized spacial score (nSPS) is 12.4. The quantitative estimate of drug-likeness (QED) is 0.177. The van der Waals surface area contributed by atoms with Crippen LogP contribution in [-0.4, -0.2) is 0 Å². The number of rotatable bonds is 2. The summed E-state index contributed by atoms with van der Waals surface area (Å²) in [5, 5.41) is 1.52. The molecule has 0 atom stereocenters. The van der Waals surface area contributed by atoms with E-state index in [4.69, 9.17) is 40.2 Å². The fraction of sp³-hybridized carbons (Fsp3) is 0.242. The van der Waals surface area contributed by atoms with E-state index >= 15 is 0 Å².